The van der Waals surface area contributed by atoms with Gasteiger partial charge in [0, 0.05) is 26.1 Å². The zero-order chi connectivity index (χ0) is 12.2. The van der Waals surface area contributed by atoms with Crippen LogP contribution >= 0.6 is 0 Å². The Labute approximate surface area is 95.4 Å². The number of aliphatic hydroxyl groups is 1. The summed E-state index contributed by atoms with van der Waals surface area (Å²) in [6.07, 6.45) is -0.173. The monoisotopic (exact) mass is 237 g/mol. The molecule has 0 amide bonds. The van der Waals surface area contributed by atoms with Crippen molar-refractivity contribution in [3.63, 3.8) is 0 Å². The molecule has 16 heavy (non-hydrogen) atoms. The fraction of sp³-hybridized carbons (Fsp3) is 1.00. The lowest BCUT2D eigenvalue weighted by atomic mass is 10.1. The quantitative estimate of drug-likeness (QED) is 0.804. The van der Waals surface area contributed by atoms with Crippen molar-refractivity contribution in [1.82, 2.24) is 4.90 Å². The highest BCUT2D eigenvalue weighted by Gasteiger charge is 2.70. The number of ether oxygens (including phenoxy) is 1. The van der Waals surface area contributed by atoms with Crippen molar-refractivity contribution in [2.75, 3.05) is 39.5 Å². The van der Waals surface area contributed by atoms with Crippen LogP contribution in [-0.4, -0.2) is 55.4 Å². The maximum Gasteiger partial charge on any atom is 0.258 e. The van der Waals surface area contributed by atoms with Crippen LogP contribution in [0, 0.1) is 5.41 Å². The first-order chi connectivity index (χ1) is 7.60. The summed E-state index contributed by atoms with van der Waals surface area (Å²) in [5, 5.41) is 8.98. The highest BCUT2D eigenvalue weighted by molar-refractivity contribution is 5.11. The van der Waals surface area contributed by atoms with Gasteiger partial charge in [0.25, 0.3) is 5.92 Å². The normalized spacial score (nSPS) is 32.8. The molecule has 1 aliphatic carbocycles. The van der Waals surface area contributed by atoms with Crippen LogP contribution < -0.4 is 0 Å². The molecule has 0 aromatic heterocycles. The fourth-order valence-electron chi connectivity index (χ4n) is 1.96. The van der Waals surface area contributed by atoms with Gasteiger partial charge in [-0.2, -0.15) is 0 Å². The average Bonchev–Trinajstić information content (AvgIpc) is 2.85. The summed E-state index contributed by atoms with van der Waals surface area (Å²) >= 11 is 0. The smallest absolute Gasteiger partial charge is 0.258 e. The van der Waals surface area contributed by atoms with E-state index in [0.29, 0.717) is 32.8 Å². The standard InChI is InChI=1S/C9H15F2NO2.C2H6/c10-9(11)5-8(9,7-13)6-12-1-3-14-4-2-12;1-2/h13H,1-7H2;1-2H3. The number of hydrogen-bond acceptors (Lipinski definition) is 3. The second-order valence-electron chi connectivity index (χ2n) is 4.21. The number of rotatable bonds is 3. The molecular weight excluding hydrogens is 216 g/mol. The summed E-state index contributed by atoms with van der Waals surface area (Å²) in [4.78, 5) is 1.95. The molecule has 1 saturated heterocycles. The minimum atomic E-state index is -2.67. The Morgan fingerprint density at radius 2 is 1.75 bits per heavy atom. The molecule has 0 aromatic rings. The van der Waals surface area contributed by atoms with Crippen molar-refractivity contribution in [3.05, 3.63) is 0 Å². The third-order valence-corrected chi connectivity index (χ3v) is 3.14. The molecule has 2 rings (SSSR count). The van der Waals surface area contributed by atoms with Crippen LogP contribution in [0.25, 0.3) is 0 Å². The second kappa shape index (κ2) is 5.38. The third kappa shape index (κ3) is 2.70. The molecule has 0 radical (unpaired) electrons. The van der Waals surface area contributed by atoms with Crippen molar-refractivity contribution in [2.45, 2.75) is 26.2 Å². The van der Waals surface area contributed by atoms with E-state index in [2.05, 4.69) is 0 Å². The van der Waals surface area contributed by atoms with E-state index < -0.39 is 17.9 Å². The van der Waals surface area contributed by atoms with Crippen LogP contribution in [0.5, 0.6) is 0 Å². The molecule has 1 unspecified atom stereocenters. The Morgan fingerprint density at radius 3 is 2.12 bits per heavy atom. The summed E-state index contributed by atoms with van der Waals surface area (Å²) in [6, 6.07) is 0. The first-order valence-corrected chi connectivity index (χ1v) is 5.88. The Morgan fingerprint density at radius 1 is 1.25 bits per heavy atom. The van der Waals surface area contributed by atoms with Crippen LogP contribution in [0.2, 0.25) is 0 Å². The summed E-state index contributed by atoms with van der Waals surface area (Å²) < 4.78 is 31.1. The SMILES string of the molecule is CC.OCC1(CN2CCOCC2)CC1(F)F. The maximum absolute atomic E-state index is 13.0. The van der Waals surface area contributed by atoms with Gasteiger partial charge in [-0.25, -0.2) is 8.78 Å². The van der Waals surface area contributed by atoms with Gasteiger partial charge in [0.15, 0.2) is 0 Å². The van der Waals surface area contributed by atoms with E-state index in [-0.39, 0.29) is 6.42 Å². The van der Waals surface area contributed by atoms with Crippen molar-refractivity contribution < 1.29 is 18.6 Å². The van der Waals surface area contributed by atoms with Crippen molar-refractivity contribution in [1.29, 1.82) is 0 Å². The van der Waals surface area contributed by atoms with Gasteiger partial charge in [0.2, 0.25) is 0 Å². The largest absolute Gasteiger partial charge is 0.396 e. The van der Waals surface area contributed by atoms with Gasteiger partial charge in [-0.3, -0.25) is 4.90 Å². The highest BCUT2D eigenvalue weighted by Crippen LogP contribution is 2.60. The van der Waals surface area contributed by atoms with E-state index in [1.54, 1.807) is 0 Å². The zero-order valence-electron chi connectivity index (χ0n) is 10.0. The van der Waals surface area contributed by atoms with E-state index in [9.17, 15) is 8.78 Å². The predicted octanol–water partition coefficient (Wildman–Crippen LogP) is 1.36. The maximum atomic E-state index is 13.0. The van der Waals surface area contributed by atoms with Crippen molar-refractivity contribution >= 4 is 0 Å². The van der Waals surface area contributed by atoms with Gasteiger partial charge in [-0.1, -0.05) is 13.8 Å². The average molecular weight is 237 g/mol. The molecule has 1 atom stereocenters. The molecule has 1 heterocycles. The van der Waals surface area contributed by atoms with E-state index >= 15 is 0 Å². The van der Waals surface area contributed by atoms with Crippen LogP contribution in [0.3, 0.4) is 0 Å². The molecule has 96 valence electrons. The van der Waals surface area contributed by atoms with Crippen LogP contribution in [0.15, 0.2) is 0 Å². The lowest BCUT2D eigenvalue weighted by molar-refractivity contribution is -0.0124. The molecular formula is C11H21F2NO2. The number of alkyl halides is 2. The second-order valence-corrected chi connectivity index (χ2v) is 4.21. The number of nitrogens with zero attached hydrogens (tertiary/aromatic N) is 1. The molecule has 0 aromatic carbocycles. The fourth-order valence-corrected chi connectivity index (χ4v) is 1.96. The molecule has 3 nitrogen and oxygen atoms in total. The summed E-state index contributed by atoms with van der Waals surface area (Å²) in [5.41, 5.74) is -1.16. The number of hydrogen-bond donors (Lipinski definition) is 1. The van der Waals surface area contributed by atoms with Gasteiger partial charge in [0.1, 0.15) is 0 Å². The van der Waals surface area contributed by atoms with E-state index in [1.807, 2.05) is 18.7 Å². The summed E-state index contributed by atoms with van der Waals surface area (Å²) in [6.45, 7) is 6.47. The van der Waals surface area contributed by atoms with Crippen LogP contribution in [0.1, 0.15) is 20.3 Å². The summed E-state index contributed by atoms with van der Waals surface area (Å²) in [7, 11) is 0. The molecule has 1 saturated carbocycles. The van der Waals surface area contributed by atoms with Crippen LogP contribution in [0.4, 0.5) is 8.78 Å². The minimum Gasteiger partial charge on any atom is -0.396 e. The van der Waals surface area contributed by atoms with Gasteiger partial charge in [0.05, 0.1) is 25.2 Å². The van der Waals surface area contributed by atoms with Gasteiger partial charge >= 0.3 is 0 Å². The Kier molecular flexibility index (Phi) is 4.64. The predicted molar refractivity (Wildman–Crippen MR) is 57.7 cm³/mol. The molecule has 0 spiro atoms. The van der Waals surface area contributed by atoms with Gasteiger partial charge < -0.3 is 9.84 Å². The lowest BCUT2D eigenvalue weighted by Gasteiger charge is -2.29. The summed E-state index contributed by atoms with van der Waals surface area (Å²) in [5.74, 6) is -2.67. The molecule has 1 N–H and O–H groups in total. The first-order valence-electron chi connectivity index (χ1n) is 5.88. The van der Waals surface area contributed by atoms with Gasteiger partial charge in [-0.15, -0.1) is 0 Å². The highest BCUT2D eigenvalue weighted by atomic mass is 19.3. The Hall–Kier alpha value is -0.260. The number of aliphatic hydroxyl groups excluding tert-OH is 1. The number of morpholine rings is 1. The number of halogens is 2. The van der Waals surface area contributed by atoms with E-state index in [4.69, 9.17) is 9.84 Å². The molecule has 1 aliphatic heterocycles. The molecule has 2 aliphatic rings. The molecule has 0 bridgehead atoms. The zero-order valence-corrected chi connectivity index (χ0v) is 10.0. The lowest BCUT2D eigenvalue weighted by Crippen LogP contribution is -2.42. The van der Waals surface area contributed by atoms with Crippen molar-refractivity contribution in [2.24, 2.45) is 5.41 Å². The Balaban J connectivity index is 0.000000606. The van der Waals surface area contributed by atoms with E-state index in [1.165, 1.54) is 0 Å². The first kappa shape index (κ1) is 13.8. The van der Waals surface area contributed by atoms with Crippen LogP contribution in [-0.2, 0) is 4.74 Å². The third-order valence-electron chi connectivity index (χ3n) is 3.14. The molecule has 5 heteroatoms. The Bertz CT molecular complexity index is 220. The van der Waals surface area contributed by atoms with Gasteiger partial charge in [-0.05, 0) is 0 Å². The molecule has 2 fully saturated rings. The minimum absolute atomic E-state index is 0.173. The van der Waals surface area contributed by atoms with E-state index in [0.717, 1.165) is 0 Å². The van der Waals surface area contributed by atoms with Crippen molar-refractivity contribution in [3.8, 4) is 0 Å². The topological polar surface area (TPSA) is 32.7 Å².